The zero-order valence-corrected chi connectivity index (χ0v) is 14.6. The van der Waals surface area contributed by atoms with Crippen molar-refractivity contribution in [2.24, 2.45) is 7.05 Å². The molecule has 5 nitrogen and oxygen atoms in total. The number of fused-ring (bicyclic) bond motifs is 1. The Kier molecular flexibility index (Phi) is 5.44. The van der Waals surface area contributed by atoms with Crippen molar-refractivity contribution in [2.45, 2.75) is 26.4 Å². The van der Waals surface area contributed by atoms with Crippen LogP contribution in [0.25, 0.3) is 10.9 Å². The van der Waals surface area contributed by atoms with Crippen molar-refractivity contribution in [1.29, 1.82) is 0 Å². The highest BCUT2D eigenvalue weighted by atomic mass is 16.5. The Balaban J connectivity index is 2.35. The van der Waals surface area contributed by atoms with Gasteiger partial charge in [0.2, 0.25) is 0 Å². The molecule has 0 spiro atoms. The number of carboxylic acid groups (broad SMARTS) is 1. The maximum Gasteiger partial charge on any atom is 0.352 e. The van der Waals surface area contributed by atoms with Crippen LogP contribution in [0.2, 0.25) is 0 Å². The van der Waals surface area contributed by atoms with E-state index in [0.717, 1.165) is 28.6 Å². The summed E-state index contributed by atoms with van der Waals surface area (Å²) in [6.07, 6.45) is 0. The van der Waals surface area contributed by atoms with Crippen molar-refractivity contribution in [3.05, 3.63) is 35.0 Å². The number of hydrogen-bond donors (Lipinski definition) is 1. The lowest BCUT2D eigenvalue weighted by molar-refractivity contribution is 0.0687. The fourth-order valence-corrected chi connectivity index (χ4v) is 2.77. The van der Waals surface area contributed by atoms with E-state index >= 15 is 0 Å². The van der Waals surface area contributed by atoms with Gasteiger partial charge in [0.05, 0.1) is 18.7 Å². The Bertz CT molecular complexity index is 702. The molecule has 2 rings (SSSR count). The highest BCUT2D eigenvalue weighted by molar-refractivity contribution is 5.96. The van der Waals surface area contributed by atoms with E-state index in [-0.39, 0.29) is 0 Å². The molecule has 5 heteroatoms. The van der Waals surface area contributed by atoms with Gasteiger partial charge in [-0.25, -0.2) is 4.79 Å². The van der Waals surface area contributed by atoms with Gasteiger partial charge in [0.1, 0.15) is 5.69 Å². The molecule has 0 bridgehead atoms. The van der Waals surface area contributed by atoms with E-state index in [0.29, 0.717) is 24.8 Å². The van der Waals surface area contributed by atoms with Crippen molar-refractivity contribution in [2.75, 3.05) is 27.2 Å². The summed E-state index contributed by atoms with van der Waals surface area (Å²) in [5.41, 5.74) is 3.55. The quantitative estimate of drug-likeness (QED) is 0.797. The fraction of sp³-hybridized carbons (Fsp3) is 0.500. The average molecular weight is 318 g/mol. The summed E-state index contributed by atoms with van der Waals surface area (Å²) >= 11 is 0. The second kappa shape index (κ2) is 7.15. The third kappa shape index (κ3) is 3.92. The number of benzene rings is 1. The normalized spacial score (nSPS) is 11.8. The highest BCUT2D eigenvalue weighted by Gasteiger charge is 2.17. The topological polar surface area (TPSA) is 54.7 Å². The molecule has 126 valence electrons. The van der Waals surface area contributed by atoms with Crippen molar-refractivity contribution in [3.8, 4) is 0 Å². The Labute approximate surface area is 137 Å². The van der Waals surface area contributed by atoms with Crippen LogP contribution in [0, 0.1) is 0 Å². The Morgan fingerprint density at radius 1 is 1.30 bits per heavy atom. The molecule has 23 heavy (non-hydrogen) atoms. The van der Waals surface area contributed by atoms with Crippen molar-refractivity contribution >= 4 is 16.9 Å². The van der Waals surface area contributed by atoms with Crippen LogP contribution >= 0.6 is 0 Å². The number of aromatic nitrogens is 1. The molecule has 1 aromatic carbocycles. The van der Waals surface area contributed by atoms with Gasteiger partial charge in [0.15, 0.2) is 0 Å². The zero-order chi connectivity index (χ0) is 17.1. The lowest BCUT2D eigenvalue weighted by atomic mass is 9.98. The number of likely N-dealkylation sites (N-methyl/N-ethyl adjacent to an activating group) is 1. The van der Waals surface area contributed by atoms with Crippen LogP contribution in [0.1, 0.15) is 41.4 Å². The minimum atomic E-state index is -0.901. The van der Waals surface area contributed by atoms with Crippen LogP contribution in [-0.2, 0) is 18.4 Å². The number of aryl methyl sites for hydroxylation is 1. The molecule has 0 amide bonds. The predicted octanol–water partition coefficient (Wildman–Crippen LogP) is 3.08. The average Bonchev–Trinajstić information content (AvgIpc) is 2.80. The molecule has 0 aliphatic rings. The molecule has 0 radical (unpaired) electrons. The lowest BCUT2D eigenvalue weighted by Crippen LogP contribution is -2.17. The minimum absolute atomic E-state index is 0.313. The Morgan fingerprint density at radius 2 is 2.00 bits per heavy atom. The van der Waals surface area contributed by atoms with Gasteiger partial charge < -0.3 is 19.3 Å². The van der Waals surface area contributed by atoms with Gasteiger partial charge in [0, 0.05) is 19.0 Å². The molecule has 0 saturated carbocycles. The molecule has 1 N–H and O–H groups in total. The van der Waals surface area contributed by atoms with Gasteiger partial charge in [0.25, 0.3) is 0 Å². The van der Waals surface area contributed by atoms with Crippen molar-refractivity contribution in [1.82, 2.24) is 9.47 Å². The van der Waals surface area contributed by atoms with Crippen LogP contribution in [0.4, 0.5) is 0 Å². The first kappa shape index (κ1) is 17.5. The monoisotopic (exact) mass is 318 g/mol. The van der Waals surface area contributed by atoms with E-state index in [2.05, 4.69) is 24.8 Å². The molecule has 2 aromatic rings. The predicted molar refractivity (Wildman–Crippen MR) is 92.2 cm³/mol. The lowest BCUT2D eigenvalue weighted by Gasteiger charge is -2.14. The van der Waals surface area contributed by atoms with E-state index in [9.17, 15) is 9.90 Å². The number of ether oxygens (including phenoxy) is 1. The van der Waals surface area contributed by atoms with E-state index < -0.39 is 5.97 Å². The van der Waals surface area contributed by atoms with E-state index in [4.69, 9.17) is 4.74 Å². The van der Waals surface area contributed by atoms with Gasteiger partial charge in [-0.2, -0.15) is 0 Å². The summed E-state index contributed by atoms with van der Waals surface area (Å²) in [5, 5.41) is 10.3. The number of aromatic carboxylic acids is 1. The second-order valence-electron chi connectivity index (χ2n) is 6.53. The van der Waals surface area contributed by atoms with E-state index in [1.165, 1.54) is 0 Å². The Morgan fingerprint density at radius 3 is 2.57 bits per heavy atom. The van der Waals surface area contributed by atoms with Gasteiger partial charge in [-0.15, -0.1) is 0 Å². The number of nitrogens with zero attached hydrogens (tertiary/aromatic N) is 2. The molecular weight excluding hydrogens is 292 g/mol. The summed E-state index contributed by atoms with van der Waals surface area (Å²) in [5.74, 6) is -0.586. The van der Waals surface area contributed by atoms with Gasteiger partial charge in [-0.1, -0.05) is 19.9 Å². The van der Waals surface area contributed by atoms with Gasteiger partial charge >= 0.3 is 5.97 Å². The fourth-order valence-electron chi connectivity index (χ4n) is 2.77. The SMILES string of the molecule is CC(C)c1cc(COCCN(C)C)cc2cc(C(=O)O)n(C)c12. The molecule has 1 aromatic heterocycles. The van der Waals surface area contributed by atoms with Crippen LogP contribution in [0.15, 0.2) is 18.2 Å². The largest absolute Gasteiger partial charge is 0.477 e. The van der Waals surface area contributed by atoms with Gasteiger partial charge in [-0.3, -0.25) is 0 Å². The highest BCUT2D eigenvalue weighted by Crippen LogP contribution is 2.30. The smallest absolute Gasteiger partial charge is 0.352 e. The summed E-state index contributed by atoms with van der Waals surface area (Å²) < 4.78 is 7.50. The maximum atomic E-state index is 11.4. The molecule has 0 atom stereocenters. The number of carboxylic acids is 1. The second-order valence-corrected chi connectivity index (χ2v) is 6.53. The first-order valence-electron chi connectivity index (χ1n) is 7.89. The number of hydrogen-bond acceptors (Lipinski definition) is 3. The van der Waals surface area contributed by atoms with Crippen LogP contribution in [-0.4, -0.2) is 47.8 Å². The molecule has 0 aliphatic heterocycles. The zero-order valence-electron chi connectivity index (χ0n) is 14.6. The molecule has 0 fully saturated rings. The number of rotatable bonds is 7. The summed E-state index contributed by atoms with van der Waals surface area (Å²) in [4.78, 5) is 13.5. The molecule has 0 unspecified atom stereocenters. The standard InChI is InChI=1S/C18H26N2O3/c1-12(2)15-9-13(11-23-7-6-19(3)4)8-14-10-16(18(21)22)20(5)17(14)15/h8-10,12H,6-7,11H2,1-5H3,(H,21,22). The van der Waals surface area contributed by atoms with Crippen molar-refractivity contribution < 1.29 is 14.6 Å². The van der Waals surface area contributed by atoms with Crippen molar-refractivity contribution in [3.63, 3.8) is 0 Å². The minimum Gasteiger partial charge on any atom is -0.477 e. The van der Waals surface area contributed by atoms with E-state index in [1.807, 2.05) is 27.2 Å². The first-order valence-corrected chi connectivity index (χ1v) is 7.89. The molecule has 1 heterocycles. The third-order valence-electron chi connectivity index (χ3n) is 4.01. The van der Waals surface area contributed by atoms with Gasteiger partial charge in [-0.05, 0) is 43.3 Å². The summed E-state index contributed by atoms with van der Waals surface area (Å²) in [7, 11) is 5.85. The Hall–Kier alpha value is -1.85. The number of carbonyl (C=O) groups is 1. The van der Waals surface area contributed by atoms with Crippen LogP contribution in [0.5, 0.6) is 0 Å². The molecule has 0 aliphatic carbocycles. The third-order valence-corrected chi connectivity index (χ3v) is 4.01. The first-order chi connectivity index (χ1) is 10.8. The molecule has 0 saturated heterocycles. The summed E-state index contributed by atoms with van der Waals surface area (Å²) in [6.45, 7) is 6.35. The summed E-state index contributed by atoms with van der Waals surface area (Å²) in [6, 6.07) is 5.91. The maximum absolute atomic E-state index is 11.4. The molecular formula is C18H26N2O3. The van der Waals surface area contributed by atoms with E-state index in [1.54, 1.807) is 10.6 Å². The van der Waals surface area contributed by atoms with Crippen LogP contribution < -0.4 is 0 Å². The van der Waals surface area contributed by atoms with Crippen LogP contribution in [0.3, 0.4) is 0 Å².